The molecule has 0 aromatic heterocycles. The number of carboxylic acids is 2. The third kappa shape index (κ3) is 5.89. The van der Waals surface area contributed by atoms with Crippen LogP contribution in [0.2, 0.25) is 0 Å². The van der Waals surface area contributed by atoms with Crippen LogP contribution in [0, 0.1) is 5.82 Å². The molecule has 0 saturated carbocycles. The van der Waals surface area contributed by atoms with Crippen molar-refractivity contribution >= 4 is 17.8 Å². The average molecular weight is 299 g/mol. The summed E-state index contributed by atoms with van der Waals surface area (Å²) in [6.07, 6.45) is -0.951. The van der Waals surface area contributed by atoms with E-state index in [1.165, 1.54) is 18.2 Å². The van der Waals surface area contributed by atoms with Gasteiger partial charge in [0.1, 0.15) is 6.04 Å². The highest BCUT2D eigenvalue weighted by atomic mass is 19.1. The van der Waals surface area contributed by atoms with Crippen molar-refractivity contribution in [1.29, 1.82) is 0 Å². The Morgan fingerprint density at radius 1 is 1.24 bits per heavy atom. The predicted octanol–water partition coefficient (Wildman–Crippen LogP) is 0.639. The number of nitrogens with one attached hydrogen (secondary N) is 1. The molecule has 0 aliphatic heterocycles. The number of rotatable bonds is 8. The number of amides is 1. The summed E-state index contributed by atoms with van der Waals surface area (Å²) in [7, 11) is 0. The highest BCUT2D eigenvalue weighted by Gasteiger charge is 2.22. The smallest absolute Gasteiger partial charge is 0.326 e. The molecule has 0 fully saturated rings. The molecule has 7 nitrogen and oxygen atoms in total. The molecule has 114 valence electrons. The minimum atomic E-state index is -1.51. The first-order valence-electron chi connectivity index (χ1n) is 6.01. The minimum absolute atomic E-state index is 0.0226. The minimum Gasteiger partial charge on any atom is -0.490 e. The zero-order chi connectivity index (χ0) is 15.8. The number of hydrogen-bond acceptors (Lipinski definition) is 4. The second kappa shape index (κ2) is 7.83. The van der Waals surface area contributed by atoms with E-state index in [-0.39, 0.29) is 18.8 Å². The van der Waals surface area contributed by atoms with E-state index in [0.29, 0.717) is 0 Å². The number of carboxylic acid groups (broad SMARTS) is 2. The number of benzene rings is 1. The molecule has 0 aliphatic carbocycles. The van der Waals surface area contributed by atoms with Gasteiger partial charge in [0.2, 0.25) is 5.91 Å². The zero-order valence-electron chi connectivity index (χ0n) is 10.9. The van der Waals surface area contributed by atoms with Crippen LogP contribution in [0.4, 0.5) is 4.39 Å². The number of para-hydroxylation sites is 1. The third-order valence-electron chi connectivity index (χ3n) is 2.44. The average Bonchev–Trinajstić information content (AvgIpc) is 2.39. The van der Waals surface area contributed by atoms with E-state index < -0.39 is 36.1 Å². The lowest BCUT2D eigenvalue weighted by molar-refractivity contribution is -0.147. The summed E-state index contributed by atoms with van der Waals surface area (Å²) >= 11 is 0. The lowest BCUT2D eigenvalue weighted by Crippen LogP contribution is -2.42. The van der Waals surface area contributed by atoms with Crippen molar-refractivity contribution in [1.82, 2.24) is 5.32 Å². The van der Waals surface area contributed by atoms with E-state index in [1.54, 1.807) is 6.07 Å². The summed E-state index contributed by atoms with van der Waals surface area (Å²) in [5.41, 5.74) is 0. The summed E-state index contributed by atoms with van der Waals surface area (Å²) in [5, 5.41) is 19.3. The lowest BCUT2D eigenvalue weighted by Gasteiger charge is -2.12. The van der Waals surface area contributed by atoms with E-state index >= 15 is 0 Å². The van der Waals surface area contributed by atoms with E-state index in [9.17, 15) is 18.8 Å². The van der Waals surface area contributed by atoms with Gasteiger partial charge in [0, 0.05) is 0 Å². The third-order valence-corrected chi connectivity index (χ3v) is 2.44. The van der Waals surface area contributed by atoms with E-state index in [4.69, 9.17) is 14.9 Å². The van der Waals surface area contributed by atoms with Crippen LogP contribution in [0.1, 0.15) is 12.8 Å². The van der Waals surface area contributed by atoms with Gasteiger partial charge >= 0.3 is 11.9 Å². The van der Waals surface area contributed by atoms with Crippen molar-refractivity contribution in [3.63, 3.8) is 0 Å². The Morgan fingerprint density at radius 3 is 2.48 bits per heavy atom. The Kier molecular flexibility index (Phi) is 6.12. The van der Waals surface area contributed by atoms with Gasteiger partial charge < -0.3 is 20.3 Å². The SMILES string of the molecule is O=C(O)CC(NC(=O)CCOc1ccccc1F)C(=O)O. The highest BCUT2D eigenvalue weighted by molar-refractivity contribution is 5.86. The van der Waals surface area contributed by atoms with Crippen LogP contribution in [-0.4, -0.2) is 40.7 Å². The summed E-state index contributed by atoms with van der Waals surface area (Å²) in [5.74, 6) is -4.08. The quantitative estimate of drug-likeness (QED) is 0.649. The van der Waals surface area contributed by atoms with Gasteiger partial charge in [0.05, 0.1) is 19.4 Å². The van der Waals surface area contributed by atoms with Gasteiger partial charge in [-0.05, 0) is 12.1 Å². The second-order valence-electron chi connectivity index (χ2n) is 4.09. The summed E-state index contributed by atoms with van der Waals surface area (Å²) in [6.45, 7) is -0.161. The number of halogens is 1. The molecule has 1 atom stereocenters. The maximum absolute atomic E-state index is 13.2. The predicted molar refractivity (Wildman–Crippen MR) is 68.3 cm³/mol. The molecule has 1 unspecified atom stereocenters. The van der Waals surface area contributed by atoms with E-state index in [1.807, 2.05) is 0 Å². The van der Waals surface area contributed by atoms with Gasteiger partial charge in [-0.1, -0.05) is 12.1 Å². The number of carbonyl (C=O) groups excluding carboxylic acids is 1. The van der Waals surface area contributed by atoms with Crippen LogP contribution in [0.5, 0.6) is 5.75 Å². The number of carbonyl (C=O) groups is 3. The highest BCUT2D eigenvalue weighted by Crippen LogP contribution is 2.15. The zero-order valence-corrected chi connectivity index (χ0v) is 10.9. The Bertz CT molecular complexity index is 533. The summed E-state index contributed by atoms with van der Waals surface area (Å²) in [4.78, 5) is 32.7. The molecule has 1 aromatic carbocycles. The molecular weight excluding hydrogens is 285 g/mol. The summed E-state index contributed by atoms with van der Waals surface area (Å²) < 4.78 is 18.2. The van der Waals surface area contributed by atoms with Gasteiger partial charge in [0.15, 0.2) is 11.6 Å². The normalized spacial score (nSPS) is 11.5. The molecule has 0 heterocycles. The molecule has 1 aromatic rings. The fourth-order valence-electron chi connectivity index (χ4n) is 1.46. The van der Waals surface area contributed by atoms with Gasteiger partial charge in [-0.15, -0.1) is 0 Å². The lowest BCUT2D eigenvalue weighted by atomic mass is 10.2. The van der Waals surface area contributed by atoms with E-state index in [2.05, 4.69) is 5.32 Å². The van der Waals surface area contributed by atoms with Gasteiger partial charge in [0.25, 0.3) is 0 Å². The van der Waals surface area contributed by atoms with Crippen LogP contribution < -0.4 is 10.1 Å². The van der Waals surface area contributed by atoms with Crippen molar-refractivity contribution in [3.05, 3.63) is 30.1 Å². The fraction of sp³-hybridized carbons (Fsp3) is 0.308. The monoisotopic (exact) mass is 299 g/mol. The van der Waals surface area contributed by atoms with Crippen LogP contribution >= 0.6 is 0 Å². The topological polar surface area (TPSA) is 113 Å². The Morgan fingerprint density at radius 2 is 1.90 bits per heavy atom. The van der Waals surface area contributed by atoms with Gasteiger partial charge in [-0.3, -0.25) is 9.59 Å². The molecule has 0 aliphatic rings. The Hall–Kier alpha value is -2.64. The standard InChI is InChI=1S/C13H14FNO6/c14-8-3-1-2-4-10(8)21-6-5-11(16)15-9(13(19)20)7-12(17)18/h1-4,9H,5-7H2,(H,15,16)(H,17,18)(H,19,20). The maximum atomic E-state index is 13.2. The van der Waals surface area contributed by atoms with Crippen molar-refractivity contribution in [2.24, 2.45) is 0 Å². The number of ether oxygens (including phenoxy) is 1. The van der Waals surface area contributed by atoms with Crippen LogP contribution in [0.3, 0.4) is 0 Å². The number of aliphatic carboxylic acids is 2. The fourth-order valence-corrected chi connectivity index (χ4v) is 1.46. The van der Waals surface area contributed by atoms with Crippen molar-refractivity contribution in [2.75, 3.05) is 6.61 Å². The first-order valence-corrected chi connectivity index (χ1v) is 6.01. The largest absolute Gasteiger partial charge is 0.490 e. The molecule has 8 heteroatoms. The van der Waals surface area contributed by atoms with Crippen molar-refractivity contribution < 1.29 is 33.7 Å². The molecule has 0 spiro atoms. The van der Waals surface area contributed by atoms with Crippen molar-refractivity contribution in [2.45, 2.75) is 18.9 Å². The molecule has 21 heavy (non-hydrogen) atoms. The van der Waals surface area contributed by atoms with Crippen LogP contribution in [0.15, 0.2) is 24.3 Å². The Balaban J connectivity index is 2.41. The first-order chi connectivity index (χ1) is 9.90. The van der Waals surface area contributed by atoms with Crippen molar-refractivity contribution in [3.8, 4) is 5.75 Å². The van der Waals surface area contributed by atoms with Gasteiger partial charge in [-0.25, -0.2) is 9.18 Å². The first kappa shape index (κ1) is 16.4. The maximum Gasteiger partial charge on any atom is 0.326 e. The molecule has 0 saturated heterocycles. The van der Waals surface area contributed by atoms with E-state index in [0.717, 1.165) is 0 Å². The molecule has 0 bridgehead atoms. The van der Waals surface area contributed by atoms with Crippen LogP contribution in [0.25, 0.3) is 0 Å². The molecule has 3 N–H and O–H groups in total. The molecule has 0 radical (unpaired) electrons. The summed E-state index contributed by atoms with van der Waals surface area (Å²) in [6, 6.07) is 4.12. The molecule has 1 rings (SSSR count). The second-order valence-corrected chi connectivity index (χ2v) is 4.09. The Labute approximate surface area is 119 Å². The molecule has 1 amide bonds. The van der Waals surface area contributed by atoms with Gasteiger partial charge in [-0.2, -0.15) is 0 Å². The molecular formula is C13H14FNO6. The van der Waals surface area contributed by atoms with Crippen LogP contribution in [-0.2, 0) is 14.4 Å². The number of hydrogen-bond donors (Lipinski definition) is 3.